The number of rotatable bonds is 5. The van der Waals surface area contributed by atoms with Crippen LogP contribution in [0, 0.1) is 16.7 Å². The molecule has 0 saturated carbocycles. The Kier molecular flexibility index (Phi) is 4.65. The van der Waals surface area contributed by atoms with E-state index in [1.807, 2.05) is 0 Å². The average Bonchev–Trinajstić information content (AvgIpc) is 2.29. The summed E-state index contributed by atoms with van der Waals surface area (Å²) in [6.45, 7) is 3.90. The normalized spacial score (nSPS) is 11.8. The summed E-state index contributed by atoms with van der Waals surface area (Å²) in [5, 5.41) is 8.81. The summed E-state index contributed by atoms with van der Waals surface area (Å²) in [4.78, 5) is 0. The van der Waals surface area contributed by atoms with E-state index in [9.17, 15) is 13.2 Å². The first-order chi connectivity index (χ1) is 8.72. The number of halogens is 3. The Hall–Kier alpha value is -1.90. The summed E-state index contributed by atoms with van der Waals surface area (Å²) >= 11 is 0. The average molecular weight is 273 g/mol. The highest BCUT2D eigenvalue weighted by Crippen LogP contribution is 2.25. The third-order valence-electron chi connectivity index (χ3n) is 2.36. The first kappa shape index (κ1) is 15.2. The summed E-state index contributed by atoms with van der Waals surface area (Å²) in [5.41, 5.74) is -0.487. The standard InChI is InChI=1S/C13H14F3NO2/c1-12(2,9-17)7-8-18-10-3-5-11(6-4-10)19-13(14,15)16/h3-6H,7-8H2,1-2H3. The zero-order valence-electron chi connectivity index (χ0n) is 10.6. The Bertz CT molecular complexity index is 446. The van der Waals surface area contributed by atoms with Gasteiger partial charge in [0.2, 0.25) is 0 Å². The fourth-order valence-corrected chi connectivity index (χ4v) is 1.22. The summed E-state index contributed by atoms with van der Waals surface area (Å²) in [5.74, 6) is 0.139. The molecule has 0 atom stereocenters. The van der Waals surface area contributed by atoms with Crippen LogP contribution >= 0.6 is 0 Å². The van der Waals surface area contributed by atoms with Gasteiger partial charge < -0.3 is 9.47 Å². The monoisotopic (exact) mass is 273 g/mol. The number of hydrogen-bond acceptors (Lipinski definition) is 3. The smallest absolute Gasteiger partial charge is 0.494 e. The van der Waals surface area contributed by atoms with E-state index in [-0.39, 0.29) is 5.75 Å². The zero-order chi connectivity index (χ0) is 14.5. The van der Waals surface area contributed by atoms with E-state index in [1.165, 1.54) is 24.3 Å². The predicted octanol–water partition coefficient (Wildman–Crippen LogP) is 3.90. The molecular formula is C13H14F3NO2. The van der Waals surface area contributed by atoms with Crippen LogP contribution in [0.15, 0.2) is 24.3 Å². The van der Waals surface area contributed by atoms with Crippen molar-refractivity contribution in [2.45, 2.75) is 26.6 Å². The van der Waals surface area contributed by atoms with Crippen LogP contribution in [0.5, 0.6) is 11.5 Å². The summed E-state index contributed by atoms with van der Waals surface area (Å²) in [6.07, 6.45) is -4.16. The van der Waals surface area contributed by atoms with E-state index in [4.69, 9.17) is 10.00 Å². The Morgan fingerprint density at radius 1 is 1.11 bits per heavy atom. The van der Waals surface area contributed by atoms with E-state index in [0.29, 0.717) is 18.8 Å². The molecule has 1 rings (SSSR count). The SMILES string of the molecule is CC(C)(C#N)CCOc1ccc(OC(F)(F)F)cc1. The molecule has 3 nitrogen and oxygen atoms in total. The van der Waals surface area contributed by atoms with Crippen molar-refractivity contribution in [3.05, 3.63) is 24.3 Å². The molecule has 0 unspecified atom stereocenters. The molecule has 0 N–H and O–H groups in total. The van der Waals surface area contributed by atoms with Crippen LogP contribution in [0.2, 0.25) is 0 Å². The Balaban J connectivity index is 2.47. The molecule has 0 fully saturated rings. The van der Waals surface area contributed by atoms with Gasteiger partial charge in [0.15, 0.2) is 0 Å². The molecule has 0 spiro atoms. The number of ether oxygens (including phenoxy) is 2. The topological polar surface area (TPSA) is 42.2 Å². The first-order valence-electron chi connectivity index (χ1n) is 5.62. The summed E-state index contributed by atoms with van der Waals surface area (Å²) < 4.78 is 44.9. The third-order valence-corrected chi connectivity index (χ3v) is 2.36. The van der Waals surface area contributed by atoms with Crippen LogP contribution in [0.1, 0.15) is 20.3 Å². The van der Waals surface area contributed by atoms with E-state index in [2.05, 4.69) is 10.8 Å². The minimum absolute atomic E-state index is 0.294. The molecule has 1 aromatic rings. The van der Waals surface area contributed by atoms with E-state index < -0.39 is 11.8 Å². The van der Waals surface area contributed by atoms with Gasteiger partial charge in [0.25, 0.3) is 0 Å². The number of hydrogen-bond donors (Lipinski definition) is 0. The molecule has 0 aliphatic carbocycles. The molecule has 104 valence electrons. The van der Waals surface area contributed by atoms with Gasteiger partial charge in [-0.1, -0.05) is 0 Å². The molecule has 0 amide bonds. The highest BCUT2D eigenvalue weighted by atomic mass is 19.4. The number of benzene rings is 1. The van der Waals surface area contributed by atoms with Crippen molar-refractivity contribution in [2.24, 2.45) is 5.41 Å². The second kappa shape index (κ2) is 5.83. The van der Waals surface area contributed by atoms with Gasteiger partial charge in [0.1, 0.15) is 11.5 Å². The molecule has 0 aliphatic rings. The largest absolute Gasteiger partial charge is 0.573 e. The zero-order valence-corrected chi connectivity index (χ0v) is 10.6. The van der Waals surface area contributed by atoms with Crippen molar-refractivity contribution in [3.8, 4) is 17.6 Å². The molecule has 0 radical (unpaired) electrons. The predicted molar refractivity (Wildman–Crippen MR) is 62.6 cm³/mol. The maximum atomic E-state index is 11.9. The van der Waals surface area contributed by atoms with Crippen molar-refractivity contribution >= 4 is 0 Å². The van der Waals surface area contributed by atoms with Crippen LogP contribution in [-0.4, -0.2) is 13.0 Å². The van der Waals surface area contributed by atoms with Gasteiger partial charge in [0.05, 0.1) is 18.1 Å². The van der Waals surface area contributed by atoms with Gasteiger partial charge in [0, 0.05) is 0 Å². The van der Waals surface area contributed by atoms with Gasteiger partial charge in [-0.2, -0.15) is 5.26 Å². The Morgan fingerprint density at radius 3 is 2.11 bits per heavy atom. The summed E-state index contributed by atoms with van der Waals surface area (Å²) in [7, 11) is 0. The molecule has 0 saturated heterocycles. The first-order valence-corrected chi connectivity index (χ1v) is 5.62. The Labute approximate surface area is 109 Å². The van der Waals surface area contributed by atoms with Gasteiger partial charge in [-0.3, -0.25) is 0 Å². The van der Waals surface area contributed by atoms with Crippen molar-refractivity contribution in [1.29, 1.82) is 5.26 Å². The fraction of sp³-hybridized carbons (Fsp3) is 0.462. The number of nitrogens with zero attached hydrogens (tertiary/aromatic N) is 1. The van der Waals surface area contributed by atoms with Gasteiger partial charge >= 0.3 is 6.36 Å². The molecule has 0 heterocycles. The second-order valence-electron chi connectivity index (χ2n) is 4.61. The fourth-order valence-electron chi connectivity index (χ4n) is 1.22. The summed E-state index contributed by atoms with van der Waals surface area (Å²) in [6, 6.07) is 7.27. The van der Waals surface area contributed by atoms with E-state index in [0.717, 1.165) is 0 Å². The van der Waals surface area contributed by atoms with Crippen molar-refractivity contribution < 1.29 is 22.6 Å². The minimum atomic E-state index is -4.70. The van der Waals surface area contributed by atoms with Crippen molar-refractivity contribution in [2.75, 3.05) is 6.61 Å². The molecular weight excluding hydrogens is 259 g/mol. The maximum Gasteiger partial charge on any atom is 0.573 e. The maximum absolute atomic E-state index is 11.9. The lowest BCUT2D eigenvalue weighted by Crippen LogP contribution is -2.17. The van der Waals surface area contributed by atoms with Crippen molar-refractivity contribution in [3.63, 3.8) is 0 Å². The van der Waals surface area contributed by atoms with Crippen LogP contribution in [0.25, 0.3) is 0 Å². The lowest BCUT2D eigenvalue weighted by Gasteiger charge is -2.15. The third kappa shape index (κ3) is 6.00. The highest BCUT2D eigenvalue weighted by molar-refractivity contribution is 5.31. The molecule has 0 aliphatic heterocycles. The minimum Gasteiger partial charge on any atom is -0.494 e. The van der Waals surface area contributed by atoms with Crippen molar-refractivity contribution in [1.82, 2.24) is 0 Å². The molecule has 0 bridgehead atoms. The van der Waals surface area contributed by atoms with Crippen LogP contribution in [0.3, 0.4) is 0 Å². The molecule has 6 heteroatoms. The lowest BCUT2D eigenvalue weighted by molar-refractivity contribution is -0.274. The molecule has 0 aromatic heterocycles. The van der Waals surface area contributed by atoms with Gasteiger partial charge in [-0.25, -0.2) is 0 Å². The van der Waals surface area contributed by atoms with E-state index in [1.54, 1.807) is 13.8 Å². The Morgan fingerprint density at radius 2 is 1.63 bits per heavy atom. The molecule has 19 heavy (non-hydrogen) atoms. The second-order valence-corrected chi connectivity index (χ2v) is 4.61. The number of alkyl halides is 3. The quantitative estimate of drug-likeness (QED) is 0.817. The molecule has 1 aromatic carbocycles. The van der Waals surface area contributed by atoms with Crippen LogP contribution in [0.4, 0.5) is 13.2 Å². The van der Waals surface area contributed by atoms with Gasteiger partial charge in [-0.15, -0.1) is 13.2 Å². The van der Waals surface area contributed by atoms with Crippen LogP contribution < -0.4 is 9.47 Å². The lowest BCUT2D eigenvalue weighted by atomic mass is 9.92. The van der Waals surface area contributed by atoms with Gasteiger partial charge in [-0.05, 0) is 44.5 Å². The van der Waals surface area contributed by atoms with E-state index >= 15 is 0 Å². The van der Waals surface area contributed by atoms with Crippen LogP contribution in [-0.2, 0) is 0 Å². The highest BCUT2D eigenvalue weighted by Gasteiger charge is 2.30. The number of nitriles is 1.